The molecule has 0 saturated carbocycles. The summed E-state index contributed by atoms with van der Waals surface area (Å²) in [5, 5.41) is 0. The van der Waals surface area contributed by atoms with Gasteiger partial charge in [-0.1, -0.05) is 31.2 Å². The summed E-state index contributed by atoms with van der Waals surface area (Å²) in [6.45, 7) is 4.10. The maximum atomic E-state index is 11.6. The van der Waals surface area contributed by atoms with Crippen LogP contribution in [-0.4, -0.2) is 27.8 Å². The van der Waals surface area contributed by atoms with E-state index in [0.29, 0.717) is 6.42 Å². The molecule has 0 bridgehead atoms. The predicted octanol–water partition coefficient (Wildman–Crippen LogP) is 2.01. The lowest BCUT2D eigenvalue weighted by atomic mass is 10.0. The molecule has 0 aliphatic heterocycles. The minimum Gasteiger partial charge on any atom is -0.375 e. The highest BCUT2D eigenvalue weighted by Crippen LogP contribution is 2.19. The van der Waals surface area contributed by atoms with E-state index in [9.17, 15) is 8.42 Å². The second-order valence-corrected chi connectivity index (χ2v) is 6.17. The average Bonchev–Trinajstić information content (AvgIpc) is 2.32. The van der Waals surface area contributed by atoms with E-state index in [1.54, 1.807) is 7.11 Å². The van der Waals surface area contributed by atoms with Crippen LogP contribution in [0.25, 0.3) is 0 Å². The van der Waals surface area contributed by atoms with Crippen molar-refractivity contribution in [3.8, 4) is 0 Å². The molecule has 1 N–H and O–H groups in total. The van der Waals surface area contributed by atoms with Gasteiger partial charge in [-0.25, -0.2) is 13.1 Å². The van der Waals surface area contributed by atoms with Crippen molar-refractivity contribution < 1.29 is 13.2 Å². The fourth-order valence-electron chi connectivity index (χ4n) is 1.81. The second kappa shape index (κ2) is 6.87. The summed E-state index contributed by atoms with van der Waals surface area (Å²) in [5.41, 5.74) is 2.11. The van der Waals surface area contributed by atoms with Crippen molar-refractivity contribution in [1.82, 2.24) is 4.72 Å². The van der Waals surface area contributed by atoms with Crippen molar-refractivity contribution in [2.75, 3.05) is 19.4 Å². The van der Waals surface area contributed by atoms with Crippen LogP contribution in [0.4, 0.5) is 0 Å². The highest BCUT2D eigenvalue weighted by molar-refractivity contribution is 7.89. The molecule has 0 aliphatic rings. The van der Waals surface area contributed by atoms with Crippen LogP contribution in [0.5, 0.6) is 0 Å². The van der Waals surface area contributed by atoms with E-state index in [1.807, 2.05) is 38.1 Å². The lowest BCUT2D eigenvalue weighted by Crippen LogP contribution is -2.31. The highest BCUT2D eigenvalue weighted by atomic mass is 32.2. The Labute approximate surface area is 109 Å². The zero-order chi connectivity index (χ0) is 13.6. The Morgan fingerprint density at radius 2 is 2.00 bits per heavy atom. The molecule has 0 radical (unpaired) electrons. The maximum Gasteiger partial charge on any atom is 0.211 e. The zero-order valence-corrected chi connectivity index (χ0v) is 12.0. The van der Waals surface area contributed by atoms with Crippen molar-refractivity contribution >= 4 is 10.0 Å². The van der Waals surface area contributed by atoms with E-state index in [1.165, 1.54) is 0 Å². The van der Waals surface area contributed by atoms with Gasteiger partial charge in [0.2, 0.25) is 10.0 Å². The molecule has 1 aromatic rings. The first-order chi connectivity index (χ1) is 8.50. The van der Waals surface area contributed by atoms with Crippen LogP contribution in [0.15, 0.2) is 24.3 Å². The predicted molar refractivity (Wildman–Crippen MR) is 73.0 cm³/mol. The van der Waals surface area contributed by atoms with Crippen LogP contribution < -0.4 is 4.72 Å². The van der Waals surface area contributed by atoms with Crippen molar-refractivity contribution in [3.63, 3.8) is 0 Å². The number of hydrogen-bond acceptors (Lipinski definition) is 3. The molecule has 18 heavy (non-hydrogen) atoms. The van der Waals surface area contributed by atoms with Gasteiger partial charge in [-0.05, 0) is 24.5 Å². The highest BCUT2D eigenvalue weighted by Gasteiger charge is 2.16. The Kier molecular flexibility index (Phi) is 5.78. The molecule has 0 aromatic heterocycles. The van der Waals surface area contributed by atoms with E-state index < -0.39 is 10.0 Å². The molecule has 1 atom stereocenters. The third-order valence-electron chi connectivity index (χ3n) is 2.78. The van der Waals surface area contributed by atoms with Crippen LogP contribution in [0, 0.1) is 6.92 Å². The van der Waals surface area contributed by atoms with Crippen LogP contribution in [0.3, 0.4) is 0 Å². The summed E-state index contributed by atoms with van der Waals surface area (Å²) in [6, 6.07) is 7.82. The monoisotopic (exact) mass is 271 g/mol. The zero-order valence-electron chi connectivity index (χ0n) is 11.1. The van der Waals surface area contributed by atoms with Crippen LogP contribution >= 0.6 is 0 Å². The summed E-state index contributed by atoms with van der Waals surface area (Å²) in [5.74, 6) is 0.150. The van der Waals surface area contributed by atoms with E-state index >= 15 is 0 Å². The molecule has 1 rings (SSSR count). The van der Waals surface area contributed by atoms with E-state index in [4.69, 9.17) is 4.74 Å². The lowest BCUT2D eigenvalue weighted by molar-refractivity contribution is 0.107. The summed E-state index contributed by atoms with van der Waals surface area (Å²) in [7, 11) is -1.60. The molecular weight excluding hydrogens is 250 g/mol. The Balaban J connectivity index is 2.72. The normalized spacial score (nSPS) is 13.5. The lowest BCUT2D eigenvalue weighted by Gasteiger charge is -2.18. The minimum atomic E-state index is -3.19. The van der Waals surface area contributed by atoms with Gasteiger partial charge in [-0.3, -0.25) is 0 Å². The first-order valence-electron chi connectivity index (χ1n) is 6.06. The molecule has 0 aliphatic carbocycles. The molecular formula is C13H21NO3S. The average molecular weight is 271 g/mol. The fourth-order valence-corrected chi connectivity index (χ4v) is 2.90. The number of methoxy groups -OCH3 is 1. The third kappa shape index (κ3) is 4.40. The van der Waals surface area contributed by atoms with Gasteiger partial charge < -0.3 is 4.74 Å². The Bertz CT molecular complexity index is 471. The Hall–Kier alpha value is -0.910. The number of hydrogen-bond donors (Lipinski definition) is 1. The van der Waals surface area contributed by atoms with E-state index in [0.717, 1.165) is 11.1 Å². The molecule has 5 heteroatoms. The van der Waals surface area contributed by atoms with Gasteiger partial charge in [-0.2, -0.15) is 0 Å². The van der Waals surface area contributed by atoms with E-state index in [-0.39, 0.29) is 18.4 Å². The molecule has 0 unspecified atom stereocenters. The Morgan fingerprint density at radius 1 is 1.33 bits per heavy atom. The van der Waals surface area contributed by atoms with Crippen LogP contribution in [0.2, 0.25) is 0 Å². The molecule has 1 aromatic carbocycles. The van der Waals surface area contributed by atoms with Gasteiger partial charge in [0, 0.05) is 13.7 Å². The smallest absolute Gasteiger partial charge is 0.211 e. The SMILES string of the molecule is CCCS(=O)(=O)NC[C@H](OC)c1ccccc1C. The number of sulfonamides is 1. The van der Waals surface area contributed by atoms with Crippen LogP contribution in [0.1, 0.15) is 30.6 Å². The number of nitrogens with one attached hydrogen (secondary N) is 1. The Morgan fingerprint density at radius 3 is 2.56 bits per heavy atom. The summed E-state index contributed by atoms with van der Waals surface area (Å²) in [6.07, 6.45) is 0.356. The number of aryl methyl sites for hydroxylation is 1. The second-order valence-electron chi connectivity index (χ2n) is 4.25. The van der Waals surface area contributed by atoms with Gasteiger partial charge in [0.05, 0.1) is 11.9 Å². The van der Waals surface area contributed by atoms with Crippen molar-refractivity contribution in [3.05, 3.63) is 35.4 Å². The fraction of sp³-hybridized carbons (Fsp3) is 0.538. The molecule has 0 heterocycles. The quantitative estimate of drug-likeness (QED) is 0.825. The summed E-state index contributed by atoms with van der Waals surface area (Å²) < 4.78 is 31.1. The topological polar surface area (TPSA) is 55.4 Å². The van der Waals surface area contributed by atoms with Crippen molar-refractivity contribution in [1.29, 1.82) is 0 Å². The molecule has 0 spiro atoms. The first kappa shape index (κ1) is 15.1. The molecule has 4 nitrogen and oxygen atoms in total. The van der Waals surface area contributed by atoms with Gasteiger partial charge in [0.15, 0.2) is 0 Å². The molecule has 0 saturated heterocycles. The number of benzene rings is 1. The minimum absolute atomic E-state index is 0.150. The van der Waals surface area contributed by atoms with Crippen molar-refractivity contribution in [2.24, 2.45) is 0 Å². The van der Waals surface area contributed by atoms with Gasteiger partial charge >= 0.3 is 0 Å². The van der Waals surface area contributed by atoms with E-state index in [2.05, 4.69) is 4.72 Å². The molecule has 0 fully saturated rings. The standard InChI is InChI=1S/C13H21NO3S/c1-4-9-18(15,16)14-10-13(17-3)12-8-6-5-7-11(12)2/h5-8,13-14H,4,9-10H2,1-3H3/t13-/m0/s1. The van der Waals surface area contributed by atoms with Crippen LogP contribution in [-0.2, 0) is 14.8 Å². The molecule has 0 amide bonds. The molecule has 102 valence electrons. The van der Waals surface area contributed by atoms with Gasteiger partial charge in [-0.15, -0.1) is 0 Å². The number of rotatable bonds is 7. The number of ether oxygens (including phenoxy) is 1. The van der Waals surface area contributed by atoms with Crippen molar-refractivity contribution in [2.45, 2.75) is 26.4 Å². The third-order valence-corrected chi connectivity index (χ3v) is 4.33. The summed E-state index contributed by atoms with van der Waals surface area (Å²) >= 11 is 0. The van der Waals surface area contributed by atoms with Gasteiger partial charge in [0.1, 0.15) is 0 Å². The summed E-state index contributed by atoms with van der Waals surface area (Å²) in [4.78, 5) is 0. The largest absolute Gasteiger partial charge is 0.375 e. The van der Waals surface area contributed by atoms with Gasteiger partial charge in [0.25, 0.3) is 0 Å². The maximum absolute atomic E-state index is 11.6. The first-order valence-corrected chi connectivity index (χ1v) is 7.71.